The number of nitrogens with zero attached hydrogens (tertiary/aromatic N) is 4. The normalized spacial score (nSPS) is 16.4. The second-order valence-electron chi connectivity index (χ2n) is 5.97. The van der Waals surface area contributed by atoms with E-state index in [0.29, 0.717) is 13.1 Å². The van der Waals surface area contributed by atoms with E-state index >= 15 is 0 Å². The number of hydrogen-bond acceptors (Lipinski definition) is 6. The maximum absolute atomic E-state index is 12.8. The highest BCUT2D eigenvalue weighted by molar-refractivity contribution is 7.09. The molecule has 1 aliphatic rings. The molecular formula is C16H23Cl2N5OS. The average Bonchev–Trinajstić information content (AvgIpc) is 3.01. The van der Waals surface area contributed by atoms with E-state index in [1.54, 1.807) is 6.92 Å². The van der Waals surface area contributed by atoms with E-state index in [9.17, 15) is 4.79 Å². The van der Waals surface area contributed by atoms with Gasteiger partial charge >= 0.3 is 0 Å². The van der Waals surface area contributed by atoms with Gasteiger partial charge in [-0.25, -0.2) is 4.98 Å². The molecule has 1 saturated heterocycles. The summed E-state index contributed by atoms with van der Waals surface area (Å²) in [5.41, 5.74) is 6.18. The van der Waals surface area contributed by atoms with Crippen molar-refractivity contribution in [3.05, 3.63) is 41.7 Å². The maximum Gasteiger partial charge on any atom is 0.247 e. The molecule has 2 aromatic rings. The highest BCUT2D eigenvalue weighted by Gasteiger charge is 2.36. The quantitative estimate of drug-likeness (QED) is 0.849. The summed E-state index contributed by atoms with van der Waals surface area (Å²) in [6.07, 6.45) is 0. The number of nitrogens with two attached hydrogens (primary N) is 1. The second kappa shape index (κ2) is 8.80. The fourth-order valence-electron chi connectivity index (χ4n) is 2.75. The molecule has 1 unspecified atom stereocenters. The number of carbonyl (C=O) groups excluding carboxylic acids is 1. The number of piperazine rings is 1. The lowest BCUT2D eigenvalue weighted by Crippen LogP contribution is -2.56. The molecule has 9 heteroatoms. The first kappa shape index (κ1) is 21.6. The minimum Gasteiger partial charge on any atom is -0.343 e. The van der Waals surface area contributed by atoms with Gasteiger partial charge in [-0.1, -0.05) is 30.3 Å². The second-order valence-corrected chi connectivity index (χ2v) is 6.70. The Bertz CT molecular complexity index is 687. The van der Waals surface area contributed by atoms with Gasteiger partial charge in [0.15, 0.2) is 0 Å². The van der Waals surface area contributed by atoms with Crippen molar-refractivity contribution in [3.63, 3.8) is 0 Å². The average molecular weight is 404 g/mol. The Labute approximate surface area is 164 Å². The first-order valence-electron chi connectivity index (χ1n) is 7.67. The van der Waals surface area contributed by atoms with Crippen LogP contribution in [-0.2, 0) is 10.3 Å². The van der Waals surface area contributed by atoms with Crippen LogP contribution in [0, 0.1) is 6.92 Å². The molecule has 0 radical (unpaired) electrons. The van der Waals surface area contributed by atoms with Gasteiger partial charge in [0.25, 0.3) is 0 Å². The number of rotatable bonds is 3. The Hall–Kier alpha value is -1.41. The lowest BCUT2D eigenvalue weighted by Gasteiger charge is -2.38. The van der Waals surface area contributed by atoms with Crippen molar-refractivity contribution in [2.45, 2.75) is 19.4 Å². The molecule has 2 N–H and O–H groups in total. The fraction of sp³-hybridized carbons (Fsp3) is 0.438. The van der Waals surface area contributed by atoms with Gasteiger partial charge in [0.05, 0.1) is 0 Å². The van der Waals surface area contributed by atoms with E-state index in [0.717, 1.165) is 29.6 Å². The largest absolute Gasteiger partial charge is 0.343 e. The van der Waals surface area contributed by atoms with Crippen LogP contribution in [0.25, 0.3) is 0 Å². The van der Waals surface area contributed by atoms with Gasteiger partial charge in [0.1, 0.15) is 11.4 Å². The first-order chi connectivity index (χ1) is 11.0. The Morgan fingerprint density at radius 3 is 2.28 bits per heavy atom. The number of anilines is 1. The summed E-state index contributed by atoms with van der Waals surface area (Å²) in [6, 6.07) is 9.54. The van der Waals surface area contributed by atoms with Crippen molar-refractivity contribution in [1.29, 1.82) is 0 Å². The third-order valence-corrected chi connectivity index (χ3v) is 5.04. The summed E-state index contributed by atoms with van der Waals surface area (Å²) in [4.78, 5) is 21.2. The van der Waals surface area contributed by atoms with Crippen LogP contribution in [0.4, 0.5) is 5.13 Å². The van der Waals surface area contributed by atoms with E-state index < -0.39 is 5.54 Å². The van der Waals surface area contributed by atoms with Gasteiger partial charge < -0.3 is 15.5 Å². The summed E-state index contributed by atoms with van der Waals surface area (Å²) in [7, 11) is 0. The number of amides is 1. The van der Waals surface area contributed by atoms with Gasteiger partial charge in [-0.3, -0.25) is 4.79 Å². The van der Waals surface area contributed by atoms with E-state index in [4.69, 9.17) is 5.73 Å². The van der Waals surface area contributed by atoms with Crippen LogP contribution >= 0.6 is 36.3 Å². The number of benzene rings is 1. The molecule has 25 heavy (non-hydrogen) atoms. The standard InChI is InChI=1S/C16H21N5OS.2ClH/c1-12-18-15(23-19-12)21-10-8-20(9-11-21)14(22)16(2,17)13-6-4-3-5-7-13;;/h3-7H,8-11,17H2,1-2H3;2*1H. The molecule has 138 valence electrons. The van der Waals surface area contributed by atoms with Gasteiger partial charge in [-0.2, -0.15) is 4.37 Å². The SMILES string of the molecule is Cc1nsc(N2CCN(C(=O)C(C)(N)c3ccccc3)CC2)n1.Cl.Cl. The minimum atomic E-state index is -0.997. The summed E-state index contributed by atoms with van der Waals surface area (Å²) in [5.74, 6) is 0.763. The van der Waals surface area contributed by atoms with Crippen molar-refractivity contribution in [1.82, 2.24) is 14.3 Å². The fourth-order valence-corrected chi connectivity index (χ4v) is 3.48. The molecular weight excluding hydrogens is 381 g/mol. The van der Waals surface area contributed by atoms with Crippen LogP contribution < -0.4 is 10.6 Å². The zero-order valence-corrected chi connectivity index (χ0v) is 16.7. The Morgan fingerprint density at radius 1 is 1.16 bits per heavy atom. The van der Waals surface area contributed by atoms with Crippen molar-refractivity contribution in [2.24, 2.45) is 5.73 Å². The Kier molecular flexibility index (Phi) is 7.62. The molecule has 0 saturated carbocycles. The summed E-state index contributed by atoms with van der Waals surface area (Å²) < 4.78 is 4.21. The topological polar surface area (TPSA) is 75.4 Å². The highest BCUT2D eigenvalue weighted by Crippen LogP contribution is 2.23. The molecule has 1 aromatic heterocycles. The monoisotopic (exact) mass is 403 g/mol. The number of carbonyl (C=O) groups is 1. The zero-order chi connectivity index (χ0) is 16.4. The molecule has 0 aliphatic carbocycles. The van der Waals surface area contributed by atoms with Crippen LogP contribution in [-0.4, -0.2) is 46.3 Å². The maximum atomic E-state index is 12.8. The van der Waals surface area contributed by atoms with E-state index in [1.807, 2.05) is 42.2 Å². The van der Waals surface area contributed by atoms with Crippen molar-refractivity contribution < 1.29 is 4.79 Å². The Balaban J connectivity index is 0.00000156. The number of aromatic nitrogens is 2. The molecule has 1 aromatic carbocycles. The van der Waals surface area contributed by atoms with Crippen LogP contribution in [0.1, 0.15) is 18.3 Å². The number of hydrogen-bond donors (Lipinski definition) is 1. The molecule has 1 aliphatic heterocycles. The lowest BCUT2D eigenvalue weighted by atomic mass is 9.91. The Morgan fingerprint density at radius 2 is 1.76 bits per heavy atom. The first-order valence-corrected chi connectivity index (χ1v) is 8.45. The zero-order valence-electron chi connectivity index (χ0n) is 14.2. The van der Waals surface area contributed by atoms with Gasteiger partial charge in [0, 0.05) is 37.7 Å². The molecule has 0 bridgehead atoms. The molecule has 1 amide bonds. The predicted molar refractivity (Wildman–Crippen MR) is 106 cm³/mol. The minimum absolute atomic E-state index is 0. The number of aryl methyl sites for hydroxylation is 1. The lowest BCUT2D eigenvalue weighted by molar-refractivity contribution is -0.137. The van der Waals surface area contributed by atoms with E-state index in [1.165, 1.54) is 11.5 Å². The van der Waals surface area contributed by atoms with Crippen molar-refractivity contribution in [3.8, 4) is 0 Å². The molecule has 1 fully saturated rings. The summed E-state index contributed by atoms with van der Waals surface area (Å²) >= 11 is 1.40. The van der Waals surface area contributed by atoms with Crippen LogP contribution in [0.3, 0.4) is 0 Å². The molecule has 0 spiro atoms. The smallest absolute Gasteiger partial charge is 0.247 e. The molecule has 1 atom stereocenters. The summed E-state index contributed by atoms with van der Waals surface area (Å²) in [6.45, 7) is 6.48. The summed E-state index contributed by atoms with van der Waals surface area (Å²) in [5, 5.41) is 0.924. The predicted octanol–water partition coefficient (Wildman–Crippen LogP) is 2.21. The highest BCUT2D eigenvalue weighted by atomic mass is 35.5. The van der Waals surface area contributed by atoms with E-state index in [2.05, 4.69) is 14.3 Å². The number of halogens is 2. The van der Waals surface area contributed by atoms with Crippen LogP contribution in [0.2, 0.25) is 0 Å². The van der Waals surface area contributed by atoms with Crippen LogP contribution in [0.5, 0.6) is 0 Å². The van der Waals surface area contributed by atoms with Gasteiger partial charge in [-0.15, -0.1) is 24.8 Å². The van der Waals surface area contributed by atoms with Crippen molar-refractivity contribution >= 4 is 47.4 Å². The third kappa shape index (κ3) is 4.61. The van der Waals surface area contributed by atoms with Crippen LogP contribution in [0.15, 0.2) is 30.3 Å². The molecule has 2 heterocycles. The molecule has 3 rings (SSSR count). The third-order valence-electron chi connectivity index (χ3n) is 4.17. The van der Waals surface area contributed by atoms with Crippen molar-refractivity contribution in [2.75, 3.05) is 31.1 Å². The molecule has 6 nitrogen and oxygen atoms in total. The van der Waals surface area contributed by atoms with E-state index in [-0.39, 0.29) is 30.7 Å². The van der Waals surface area contributed by atoms with Gasteiger partial charge in [0.2, 0.25) is 11.0 Å². The van der Waals surface area contributed by atoms with Gasteiger partial charge in [-0.05, 0) is 19.4 Å².